The maximum absolute atomic E-state index is 14.6. The fourth-order valence-electron chi connectivity index (χ4n) is 3.42. The first-order chi connectivity index (χ1) is 13.4. The van der Waals surface area contributed by atoms with E-state index in [1.807, 2.05) is 12.1 Å². The summed E-state index contributed by atoms with van der Waals surface area (Å²) in [6, 6.07) is 6.91. The summed E-state index contributed by atoms with van der Waals surface area (Å²) in [5.74, 6) is -1.79. The number of hydrogen-bond donors (Lipinski definition) is 1. The molecule has 0 amide bonds. The summed E-state index contributed by atoms with van der Waals surface area (Å²) in [7, 11) is 0. The first kappa shape index (κ1) is 22.6. The van der Waals surface area contributed by atoms with Crippen molar-refractivity contribution in [3.8, 4) is 5.75 Å². The Kier molecular flexibility index (Phi) is 8.67. The lowest BCUT2D eigenvalue weighted by Gasteiger charge is -2.33. The van der Waals surface area contributed by atoms with Crippen LogP contribution in [0.25, 0.3) is 0 Å². The van der Waals surface area contributed by atoms with Crippen LogP contribution < -0.4 is 4.74 Å². The number of aliphatic hydroxyl groups excluding tert-OH is 1. The van der Waals surface area contributed by atoms with Gasteiger partial charge in [0.25, 0.3) is 0 Å². The Balaban J connectivity index is 1.82. The van der Waals surface area contributed by atoms with E-state index >= 15 is 0 Å². The molecule has 28 heavy (non-hydrogen) atoms. The summed E-state index contributed by atoms with van der Waals surface area (Å²) < 4.78 is 39.4. The number of carbonyl (C=O) groups is 1. The summed E-state index contributed by atoms with van der Waals surface area (Å²) in [5.41, 5.74) is 1.13. The number of halogens is 2. The minimum atomic E-state index is -3.25. The van der Waals surface area contributed by atoms with E-state index in [-0.39, 0.29) is 31.3 Å². The van der Waals surface area contributed by atoms with Crippen molar-refractivity contribution in [3.05, 3.63) is 29.8 Å². The third kappa shape index (κ3) is 6.73. The van der Waals surface area contributed by atoms with Crippen LogP contribution in [0.5, 0.6) is 5.75 Å². The number of ether oxygens (including phenoxy) is 2. The monoisotopic (exact) mass is 398 g/mol. The van der Waals surface area contributed by atoms with Crippen LogP contribution in [0.15, 0.2) is 24.3 Å². The Morgan fingerprint density at radius 1 is 1.18 bits per heavy atom. The van der Waals surface area contributed by atoms with Gasteiger partial charge in [-0.1, -0.05) is 31.9 Å². The molecule has 0 saturated heterocycles. The number of aryl methyl sites for hydroxylation is 1. The average molecular weight is 398 g/mol. The molecule has 1 aromatic rings. The number of benzene rings is 1. The number of unbranched alkanes of at least 4 members (excludes halogenated alkanes) is 2. The maximum atomic E-state index is 14.6. The predicted octanol–water partition coefficient (Wildman–Crippen LogP) is 5.12. The number of carbonyl (C=O) groups excluding carboxylic acids is 1. The molecule has 1 N–H and O–H groups in total. The maximum Gasteiger partial charge on any atom is 0.400 e. The van der Waals surface area contributed by atoms with Gasteiger partial charge < -0.3 is 14.6 Å². The molecule has 1 atom stereocenters. The Hall–Kier alpha value is -1.69. The van der Waals surface area contributed by atoms with Gasteiger partial charge in [0.2, 0.25) is 0 Å². The standard InChI is InChI=1S/C22H32F2O4/c1-3-4-5-6-17-7-11-20(12-8-17)28-22(23,24)18-9-13-19(14-10-18)27-21(26)16(2)15-25/h7-8,11-12,16,18-19,25H,3-6,9-10,13-15H2,1-2H3. The van der Waals surface area contributed by atoms with Crippen molar-refractivity contribution >= 4 is 5.97 Å². The molecular weight excluding hydrogens is 366 g/mol. The first-order valence-electron chi connectivity index (χ1n) is 10.3. The van der Waals surface area contributed by atoms with Gasteiger partial charge in [0.15, 0.2) is 0 Å². The van der Waals surface area contributed by atoms with Gasteiger partial charge in [-0.2, -0.15) is 8.78 Å². The van der Waals surface area contributed by atoms with Crippen molar-refractivity contribution in [1.82, 2.24) is 0 Å². The van der Waals surface area contributed by atoms with Gasteiger partial charge in [-0.3, -0.25) is 4.79 Å². The van der Waals surface area contributed by atoms with Gasteiger partial charge in [-0.25, -0.2) is 0 Å². The number of alkyl halides is 2. The highest BCUT2D eigenvalue weighted by Gasteiger charge is 2.44. The minimum absolute atomic E-state index is 0.176. The van der Waals surface area contributed by atoms with Crippen molar-refractivity contribution in [2.75, 3.05) is 6.61 Å². The zero-order chi connectivity index (χ0) is 20.6. The van der Waals surface area contributed by atoms with Crippen LogP contribution in [0.4, 0.5) is 8.78 Å². The molecule has 0 spiro atoms. The van der Waals surface area contributed by atoms with Gasteiger partial charge >= 0.3 is 12.1 Å². The molecule has 6 heteroatoms. The molecule has 1 unspecified atom stereocenters. The highest BCUT2D eigenvalue weighted by atomic mass is 19.3. The molecule has 0 heterocycles. The molecule has 0 bridgehead atoms. The summed E-state index contributed by atoms with van der Waals surface area (Å²) >= 11 is 0. The second-order valence-corrected chi connectivity index (χ2v) is 7.76. The molecule has 1 aliphatic rings. The Morgan fingerprint density at radius 3 is 2.39 bits per heavy atom. The van der Waals surface area contributed by atoms with Crippen LogP contribution in [0, 0.1) is 11.8 Å². The van der Waals surface area contributed by atoms with Gasteiger partial charge in [0.05, 0.1) is 18.4 Å². The molecule has 1 aliphatic carbocycles. The van der Waals surface area contributed by atoms with Gasteiger partial charge in [-0.05, 0) is 63.1 Å². The lowest BCUT2D eigenvalue weighted by Crippen LogP contribution is -2.39. The largest absolute Gasteiger partial charge is 0.462 e. The quantitative estimate of drug-likeness (QED) is 0.439. The zero-order valence-corrected chi connectivity index (χ0v) is 16.8. The van der Waals surface area contributed by atoms with Crippen molar-refractivity contribution in [2.45, 2.75) is 77.4 Å². The second-order valence-electron chi connectivity index (χ2n) is 7.76. The SMILES string of the molecule is CCCCCc1ccc(OC(F)(F)C2CCC(OC(=O)C(C)CO)CC2)cc1. The van der Waals surface area contributed by atoms with E-state index in [4.69, 9.17) is 14.6 Å². The lowest BCUT2D eigenvalue weighted by molar-refractivity contribution is -0.225. The van der Waals surface area contributed by atoms with Crippen LogP contribution in [0.3, 0.4) is 0 Å². The van der Waals surface area contributed by atoms with Crippen molar-refractivity contribution < 1.29 is 28.2 Å². The van der Waals surface area contributed by atoms with Crippen molar-refractivity contribution in [2.24, 2.45) is 11.8 Å². The third-order valence-corrected chi connectivity index (χ3v) is 5.35. The molecule has 0 aliphatic heterocycles. The third-order valence-electron chi connectivity index (χ3n) is 5.35. The molecule has 4 nitrogen and oxygen atoms in total. The van der Waals surface area contributed by atoms with Gasteiger partial charge in [0, 0.05) is 0 Å². The fourth-order valence-corrected chi connectivity index (χ4v) is 3.42. The fraction of sp³-hybridized carbons (Fsp3) is 0.682. The van der Waals surface area contributed by atoms with Crippen molar-refractivity contribution in [1.29, 1.82) is 0 Å². The molecule has 0 radical (unpaired) electrons. The van der Waals surface area contributed by atoms with Crippen LogP contribution in [-0.2, 0) is 16.0 Å². The van der Waals surface area contributed by atoms with Gasteiger partial charge in [-0.15, -0.1) is 0 Å². The van der Waals surface area contributed by atoms with Crippen LogP contribution in [-0.4, -0.2) is 29.9 Å². The van der Waals surface area contributed by atoms with Crippen LogP contribution in [0.1, 0.15) is 64.4 Å². The lowest BCUT2D eigenvalue weighted by atomic mass is 9.86. The van der Waals surface area contributed by atoms with Crippen LogP contribution in [0.2, 0.25) is 0 Å². The topological polar surface area (TPSA) is 55.8 Å². The first-order valence-corrected chi connectivity index (χ1v) is 10.3. The van der Waals surface area contributed by atoms with E-state index in [1.165, 1.54) is 0 Å². The summed E-state index contributed by atoms with van der Waals surface area (Å²) in [6.07, 6.45) is 1.95. The Morgan fingerprint density at radius 2 is 1.82 bits per heavy atom. The molecule has 158 valence electrons. The Bertz CT molecular complexity index is 595. The van der Waals surface area contributed by atoms with E-state index in [0.717, 1.165) is 31.2 Å². The molecule has 1 fully saturated rings. The molecule has 2 rings (SSSR count). The van der Waals surface area contributed by atoms with Gasteiger partial charge in [0.1, 0.15) is 11.9 Å². The number of aliphatic hydroxyl groups is 1. The average Bonchev–Trinajstić information content (AvgIpc) is 2.69. The normalized spacial score (nSPS) is 21.2. The Labute approximate surface area is 166 Å². The molecule has 1 aromatic carbocycles. The van der Waals surface area contributed by atoms with E-state index in [2.05, 4.69) is 6.92 Å². The molecule has 1 saturated carbocycles. The molecule has 0 aromatic heterocycles. The minimum Gasteiger partial charge on any atom is -0.462 e. The van der Waals surface area contributed by atoms with E-state index in [9.17, 15) is 13.6 Å². The second kappa shape index (κ2) is 10.7. The highest BCUT2D eigenvalue weighted by molar-refractivity contribution is 5.72. The van der Waals surface area contributed by atoms with Crippen molar-refractivity contribution in [3.63, 3.8) is 0 Å². The van der Waals surface area contributed by atoms with E-state index in [0.29, 0.717) is 12.8 Å². The van der Waals surface area contributed by atoms with E-state index in [1.54, 1.807) is 19.1 Å². The number of esters is 1. The van der Waals surface area contributed by atoms with Crippen LogP contribution >= 0.6 is 0 Å². The summed E-state index contributed by atoms with van der Waals surface area (Å²) in [6.45, 7) is 3.44. The highest BCUT2D eigenvalue weighted by Crippen LogP contribution is 2.39. The summed E-state index contributed by atoms with van der Waals surface area (Å²) in [5, 5.41) is 8.98. The smallest absolute Gasteiger partial charge is 0.400 e. The molecular formula is C22H32F2O4. The predicted molar refractivity (Wildman–Crippen MR) is 103 cm³/mol. The number of hydrogen-bond acceptors (Lipinski definition) is 4. The summed E-state index contributed by atoms with van der Waals surface area (Å²) in [4.78, 5) is 11.7. The van der Waals surface area contributed by atoms with E-state index < -0.39 is 23.9 Å². The number of rotatable bonds is 10. The zero-order valence-electron chi connectivity index (χ0n) is 16.8.